The van der Waals surface area contributed by atoms with Crippen LogP contribution in [-0.4, -0.2) is 13.0 Å². The molecular weight excluding hydrogens is 292 g/mol. The summed E-state index contributed by atoms with van der Waals surface area (Å²) < 4.78 is 0.740. The lowest BCUT2D eigenvalue weighted by atomic mass is 10.1. The molecule has 0 saturated carbocycles. The third-order valence-electron chi connectivity index (χ3n) is 2.67. The van der Waals surface area contributed by atoms with E-state index in [0.29, 0.717) is 11.3 Å². The van der Waals surface area contributed by atoms with Crippen molar-refractivity contribution in [3.05, 3.63) is 58.6 Å². The smallest absolute Gasteiger partial charge is 0.259 e. The van der Waals surface area contributed by atoms with Gasteiger partial charge >= 0.3 is 0 Å². The minimum absolute atomic E-state index is 0.0969. The second-order valence-electron chi connectivity index (χ2n) is 3.94. The van der Waals surface area contributed by atoms with Crippen molar-refractivity contribution >= 4 is 33.2 Å². The van der Waals surface area contributed by atoms with Crippen LogP contribution in [-0.2, 0) is 0 Å². The summed E-state index contributed by atoms with van der Waals surface area (Å²) in [5.41, 5.74) is 7.69. The first kappa shape index (κ1) is 12.6. The van der Waals surface area contributed by atoms with Crippen LogP contribution in [0, 0.1) is 0 Å². The summed E-state index contributed by atoms with van der Waals surface area (Å²) in [6.45, 7) is 0. The predicted octanol–water partition coefficient (Wildman–Crippen LogP) is 3.31. The van der Waals surface area contributed by atoms with Gasteiger partial charge in [-0.15, -0.1) is 0 Å². The number of nitrogen functional groups attached to an aromatic ring is 1. The molecular formula is C14H13BrN2O. The van der Waals surface area contributed by atoms with Crippen LogP contribution in [0.3, 0.4) is 0 Å². The minimum Gasteiger partial charge on any atom is -0.399 e. The van der Waals surface area contributed by atoms with Gasteiger partial charge in [0, 0.05) is 22.9 Å². The average Bonchev–Trinajstić information content (AvgIpc) is 2.41. The van der Waals surface area contributed by atoms with Crippen LogP contribution in [0.2, 0.25) is 0 Å². The number of amides is 1. The van der Waals surface area contributed by atoms with Crippen molar-refractivity contribution in [1.82, 2.24) is 0 Å². The maximum atomic E-state index is 12.4. The number of hydrogen-bond donors (Lipinski definition) is 1. The SMILES string of the molecule is CN(C(=O)c1cc(N)ccc1Br)c1ccccc1. The zero-order chi connectivity index (χ0) is 13.1. The van der Waals surface area contributed by atoms with Crippen LogP contribution in [0.25, 0.3) is 0 Å². The van der Waals surface area contributed by atoms with E-state index in [4.69, 9.17) is 5.73 Å². The van der Waals surface area contributed by atoms with Gasteiger partial charge in [-0.2, -0.15) is 0 Å². The Hall–Kier alpha value is -1.81. The second kappa shape index (κ2) is 5.23. The fraction of sp³-hybridized carbons (Fsp3) is 0.0714. The highest BCUT2D eigenvalue weighted by molar-refractivity contribution is 9.10. The molecule has 0 aliphatic carbocycles. The van der Waals surface area contributed by atoms with E-state index in [1.54, 1.807) is 30.1 Å². The van der Waals surface area contributed by atoms with Crippen molar-refractivity contribution in [3.63, 3.8) is 0 Å². The molecule has 3 nitrogen and oxygen atoms in total. The van der Waals surface area contributed by atoms with Gasteiger partial charge in [0.15, 0.2) is 0 Å². The number of nitrogens with zero attached hydrogens (tertiary/aromatic N) is 1. The van der Waals surface area contributed by atoms with Crippen LogP contribution < -0.4 is 10.6 Å². The van der Waals surface area contributed by atoms with E-state index >= 15 is 0 Å². The first-order valence-corrected chi connectivity index (χ1v) is 6.27. The molecule has 0 radical (unpaired) electrons. The van der Waals surface area contributed by atoms with Gasteiger partial charge in [0.25, 0.3) is 5.91 Å². The molecule has 0 saturated heterocycles. The highest BCUT2D eigenvalue weighted by Gasteiger charge is 2.16. The van der Waals surface area contributed by atoms with Gasteiger partial charge in [-0.3, -0.25) is 4.79 Å². The molecule has 2 aromatic rings. The Labute approximate surface area is 114 Å². The van der Waals surface area contributed by atoms with Crippen molar-refractivity contribution in [3.8, 4) is 0 Å². The van der Waals surface area contributed by atoms with E-state index in [2.05, 4.69) is 15.9 Å². The van der Waals surface area contributed by atoms with Crippen LogP contribution >= 0.6 is 15.9 Å². The van der Waals surface area contributed by atoms with Gasteiger partial charge in [-0.05, 0) is 46.3 Å². The summed E-state index contributed by atoms with van der Waals surface area (Å²) in [5, 5.41) is 0. The van der Waals surface area contributed by atoms with Gasteiger partial charge in [0.2, 0.25) is 0 Å². The largest absolute Gasteiger partial charge is 0.399 e. The zero-order valence-corrected chi connectivity index (χ0v) is 11.5. The van der Waals surface area contributed by atoms with Crippen LogP contribution in [0.5, 0.6) is 0 Å². The molecule has 4 heteroatoms. The van der Waals surface area contributed by atoms with Gasteiger partial charge in [-0.1, -0.05) is 18.2 Å². The summed E-state index contributed by atoms with van der Waals surface area (Å²) in [4.78, 5) is 14.0. The fourth-order valence-corrected chi connectivity index (χ4v) is 2.07. The third kappa shape index (κ3) is 2.54. The molecule has 0 spiro atoms. The molecule has 0 bridgehead atoms. The molecule has 0 aliphatic rings. The second-order valence-corrected chi connectivity index (χ2v) is 4.79. The standard InChI is InChI=1S/C14H13BrN2O/c1-17(11-5-3-2-4-6-11)14(18)12-9-10(16)7-8-13(12)15/h2-9H,16H2,1H3. The lowest BCUT2D eigenvalue weighted by molar-refractivity contribution is 0.0992. The number of hydrogen-bond acceptors (Lipinski definition) is 2. The Morgan fingerprint density at radius 3 is 2.50 bits per heavy atom. The van der Waals surface area contributed by atoms with Crippen LogP contribution in [0.1, 0.15) is 10.4 Å². The van der Waals surface area contributed by atoms with Crippen molar-refractivity contribution in [1.29, 1.82) is 0 Å². The predicted molar refractivity (Wildman–Crippen MR) is 77.7 cm³/mol. The van der Waals surface area contributed by atoms with E-state index in [-0.39, 0.29) is 5.91 Å². The summed E-state index contributed by atoms with van der Waals surface area (Å²) in [6.07, 6.45) is 0. The number of anilines is 2. The Balaban J connectivity index is 2.34. The molecule has 18 heavy (non-hydrogen) atoms. The number of halogens is 1. The maximum absolute atomic E-state index is 12.4. The Morgan fingerprint density at radius 1 is 1.17 bits per heavy atom. The Morgan fingerprint density at radius 2 is 1.83 bits per heavy atom. The maximum Gasteiger partial charge on any atom is 0.259 e. The van der Waals surface area contributed by atoms with Crippen molar-refractivity contribution < 1.29 is 4.79 Å². The summed E-state index contributed by atoms with van der Waals surface area (Å²) in [7, 11) is 1.74. The van der Waals surface area contributed by atoms with E-state index in [1.807, 2.05) is 30.3 Å². The molecule has 0 heterocycles. The van der Waals surface area contributed by atoms with Crippen LogP contribution in [0.4, 0.5) is 11.4 Å². The lowest BCUT2D eigenvalue weighted by Crippen LogP contribution is -2.26. The molecule has 0 unspecified atom stereocenters. The molecule has 1 amide bonds. The number of para-hydroxylation sites is 1. The Bertz CT molecular complexity index is 569. The van der Waals surface area contributed by atoms with Gasteiger partial charge in [0.1, 0.15) is 0 Å². The minimum atomic E-state index is -0.0969. The van der Waals surface area contributed by atoms with E-state index in [9.17, 15) is 4.79 Å². The van der Waals surface area contributed by atoms with Gasteiger partial charge in [0.05, 0.1) is 5.56 Å². The van der Waals surface area contributed by atoms with Gasteiger partial charge in [-0.25, -0.2) is 0 Å². The summed E-state index contributed by atoms with van der Waals surface area (Å²) in [5.74, 6) is -0.0969. The molecule has 0 atom stereocenters. The number of carbonyl (C=O) groups is 1. The summed E-state index contributed by atoms with van der Waals surface area (Å²) in [6, 6.07) is 14.7. The van der Waals surface area contributed by atoms with Crippen LogP contribution in [0.15, 0.2) is 53.0 Å². The number of nitrogens with two attached hydrogens (primary N) is 1. The van der Waals surface area contributed by atoms with Crippen molar-refractivity contribution in [2.45, 2.75) is 0 Å². The molecule has 92 valence electrons. The first-order chi connectivity index (χ1) is 8.59. The quantitative estimate of drug-likeness (QED) is 0.865. The zero-order valence-electron chi connectivity index (χ0n) is 9.93. The van der Waals surface area contributed by atoms with E-state index in [1.165, 1.54) is 0 Å². The molecule has 0 fully saturated rings. The normalized spacial score (nSPS) is 10.1. The number of benzene rings is 2. The monoisotopic (exact) mass is 304 g/mol. The highest BCUT2D eigenvalue weighted by Crippen LogP contribution is 2.23. The highest BCUT2D eigenvalue weighted by atomic mass is 79.9. The molecule has 2 N–H and O–H groups in total. The fourth-order valence-electron chi connectivity index (χ4n) is 1.66. The molecule has 0 aliphatic heterocycles. The number of rotatable bonds is 2. The lowest BCUT2D eigenvalue weighted by Gasteiger charge is -2.18. The average molecular weight is 305 g/mol. The topological polar surface area (TPSA) is 46.3 Å². The molecule has 2 aromatic carbocycles. The van der Waals surface area contributed by atoms with Crippen molar-refractivity contribution in [2.24, 2.45) is 0 Å². The summed E-state index contributed by atoms with van der Waals surface area (Å²) >= 11 is 3.37. The van der Waals surface area contributed by atoms with E-state index < -0.39 is 0 Å². The first-order valence-electron chi connectivity index (χ1n) is 5.47. The third-order valence-corrected chi connectivity index (χ3v) is 3.36. The Kier molecular flexibility index (Phi) is 3.67. The van der Waals surface area contributed by atoms with E-state index in [0.717, 1.165) is 10.2 Å². The molecule has 2 rings (SSSR count). The molecule has 0 aromatic heterocycles. The van der Waals surface area contributed by atoms with Crippen molar-refractivity contribution in [2.75, 3.05) is 17.7 Å². The number of carbonyl (C=O) groups excluding carboxylic acids is 1. The van der Waals surface area contributed by atoms with Gasteiger partial charge < -0.3 is 10.6 Å².